The largest absolute Gasteiger partial charge is 0.503 e. The Morgan fingerprint density at radius 1 is 0.975 bits per heavy atom. The molecule has 198 valence electrons. The third-order valence-corrected chi connectivity index (χ3v) is 7.98. The van der Waals surface area contributed by atoms with Crippen molar-refractivity contribution in [3.63, 3.8) is 0 Å². The number of carbonyl (C=O) groups excluding carboxylic acids is 2. The summed E-state index contributed by atoms with van der Waals surface area (Å²) in [5, 5.41) is 21.2. The standard InChI is InChI=1S/C30H22N4O5S/c1-15-7-6-10-18(13-15)23-22(24(35)26-16(2)31-27(40-26)17-8-4-3-5-9-17)25(36)28(37)34(23)30-32-20-12-11-19(29(38)39)14-21(20)33-30/h3-14,23,36H,1-2H3,(H,32,33)(H,38,39). The summed E-state index contributed by atoms with van der Waals surface area (Å²) in [6.07, 6.45) is 0. The minimum atomic E-state index is -1.10. The molecular weight excluding hydrogens is 528 g/mol. The van der Waals surface area contributed by atoms with E-state index < -0.39 is 29.5 Å². The zero-order valence-corrected chi connectivity index (χ0v) is 22.2. The molecule has 9 nitrogen and oxygen atoms in total. The van der Waals surface area contributed by atoms with Gasteiger partial charge in [0.15, 0.2) is 5.76 Å². The van der Waals surface area contributed by atoms with Crippen LogP contribution in [0.15, 0.2) is 84.1 Å². The molecule has 10 heteroatoms. The maximum atomic E-state index is 14.1. The van der Waals surface area contributed by atoms with E-state index in [0.717, 1.165) is 11.1 Å². The number of ketones is 1. The molecule has 0 spiro atoms. The van der Waals surface area contributed by atoms with E-state index in [1.165, 1.54) is 34.4 Å². The zero-order valence-electron chi connectivity index (χ0n) is 21.4. The molecule has 3 N–H and O–H groups in total. The Kier molecular flexibility index (Phi) is 6.04. The van der Waals surface area contributed by atoms with Gasteiger partial charge < -0.3 is 15.2 Å². The number of hydrogen-bond acceptors (Lipinski definition) is 7. The van der Waals surface area contributed by atoms with Gasteiger partial charge in [0.1, 0.15) is 5.01 Å². The fourth-order valence-corrected chi connectivity index (χ4v) is 5.91. The molecule has 40 heavy (non-hydrogen) atoms. The number of fused-ring (bicyclic) bond motifs is 1. The Labute approximate surface area is 232 Å². The molecule has 0 fully saturated rings. The summed E-state index contributed by atoms with van der Waals surface area (Å²) in [6.45, 7) is 3.62. The summed E-state index contributed by atoms with van der Waals surface area (Å²) >= 11 is 1.20. The maximum Gasteiger partial charge on any atom is 0.335 e. The van der Waals surface area contributed by atoms with E-state index in [4.69, 9.17) is 0 Å². The summed E-state index contributed by atoms with van der Waals surface area (Å²) in [4.78, 5) is 52.8. The zero-order chi connectivity index (χ0) is 28.1. The van der Waals surface area contributed by atoms with Crippen LogP contribution in [-0.2, 0) is 4.79 Å². The highest BCUT2D eigenvalue weighted by Crippen LogP contribution is 2.43. The van der Waals surface area contributed by atoms with Gasteiger partial charge in [-0.3, -0.25) is 14.5 Å². The van der Waals surface area contributed by atoms with Crippen molar-refractivity contribution in [2.24, 2.45) is 0 Å². The number of aromatic carboxylic acids is 1. The fraction of sp³-hybridized carbons (Fsp3) is 0.100. The molecule has 2 aromatic heterocycles. The van der Waals surface area contributed by atoms with Crippen molar-refractivity contribution in [1.29, 1.82) is 0 Å². The van der Waals surface area contributed by atoms with Gasteiger partial charge in [0.05, 0.1) is 38.8 Å². The predicted molar refractivity (Wildman–Crippen MR) is 151 cm³/mol. The summed E-state index contributed by atoms with van der Waals surface area (Å²) in [5.74, 6) is -2.99. The van der Waals surface area contributed by atoms with E-state index in [0.29, 0.717) is 32.2 Å². The number of nitrogens with one attached hydrogen (secondary N) is 1. The number of benzene rings is 3. The number of carboxylic acid groups (broad SMARTS) is 1. The Morgan fingerprint density at radius 3 is 2.48 bits per heavy atom. The van der Waals surface area contributed by atoms with Gasteiger partial charge in [0.25, 0.3) is 5.91 Å². The first kappa shape index (κ1) is 25.2. The quantitative estimate of drug-likeness (QED) is 0.228. The van der Waals surface area contributed by atoms with Crippen LogP contribution < -0.4 is 4.90 Å². The van der Waals surface area contributed by atoms with Gasteiger partial charge in [-0.1, -0.05) is 60.2 Å². The molecule has 0 saturated carbocycles. The van der Waals surface area contributed by atoms with Crippen molar-refractivity contribution in [2.75, 3.05) is 4.90 Å². The third-order valence-electron chi connectivity index (χ3n) is 6.78. The average molecular weight is 551 g/mol. The third kappa shape index (κ3) is 4.15. The molecule has 3 heterocycles. The molecule has 6 rings (SSSR count). The fourth-order valence-electron chi connectivity index (χ4n) is 4.89. The molecule has 1 atom stereocenters. The number of aliphatic hydroxyl groups is 1. The van der Waals surface area contributed by atoms with Crippen LogP contribution >= 0.6 is 11.3 Å². The van der Waals surface area contributed by atoms with E-state index in [-0.39, 0.29) is 17.1 Å². The number of amides is 1. The van der Waals surface area contributed by atoms with Crippen molar-refractivity contribution in [2.45, 2.75) is 19.9 Å². The van der Waals surface area contributed by atoms with E-state index in [1.54, 1.807) is 13.0 Å². The number of carbonyl (C=O) groups is 3. The number of aliphatic hydroxyl groups excluding tert-OH is 1. The highest BCUT2D eigenvalue weighted by Gasteiger charge is 2.46. The Hall–Kier alpha value is -5.09. The Bertz CT molecular complexity index is 1870. The number of hydrogen-bond donors (Lipinski definition) is 3. The lowest BCUT2D eigenvalue weighted by molar-refractivity contribution is -0.117. The van der Waals surface area contributed by atoms with Crippen molar-refractivity contribution in [3.05, 3.63) is 111 Å². The van der Waals surface area contributed by atoms with E-state index >= 15 is 0 Å². The van der Waals surface area contributed by atoms with Gasteiger partial charge in [-0.25, -0.2) is 14.8 Å². The number of nitrogens with zero attached hydrogens (tertiary/aromatic N) is 3. The minimum absolute atomic E-state index is 0.0532. The lowest BCUT2D eigenvalue weighted by Crippen LogP contribution is -2.32. The van der Waals surface area contributed by atoms with Gasteiger partial charge >= 0.3 is 5.97 Å². The number of anilines is 1. The van der Waals surface area contributed by atoms with Crippen LogP contribution in [0.2, 0.25) is 0 Å². The average Bonchev–Trinajstić information content (AvgIpc) is 3.62. The Balaban J connectivity index is 1.48. The smallest absolute Gasteiger partial charge is 0.335 e. The van der Waals surface area contributed by atoms with Crippen LogP contribution in [0.1, 0.15) is 42.9 Å². The second-order valence-electron chi connectivity index (χ2n) is 9.48. The number of imidazole rings is 1. The molecule has 0 saturated heterocycles. The molecule has 0 bridgehead atoms. The first-order chi connectivity index (χ1) is 19.2. The number of aromatic nitrogens is 3. The van der Waals surface area contributed by atoms with Crippen molar-refractivity contribution >= 4 is 46.0 Å². The van der Waals surface area contributed by atoms with E-state index in [2.05, 4.69) is 15.0 Å². The number of rotatable bonds is 6. The molecule has 1 unspecified atom stereocenters. The Morgan fingerprint density at radius 2 is 1.75 bits per heavy atom. The van der Waals surface area contributed by atoms with Gasteiger partial charge in [-0.2, -0.15) is 0 Å². The predicted octanol–water partition coefficient (Wildman–Crippen LogP) is 5.78. The van der Waals surface area contributed by atoms with Crippen LogP contribution in [0.3, 0.4) is 0 Å². The van der Waals surface area contributed by atoms with Gasteiger partial charge in [-0.15, -0.1) is 11.3 Å². The van der Waals surface area contributed by atoms with Crippen molar-refractivity contribution in [3.8, 4) is 10.6 Å². The summed E-state index contributed by atoms with van der Waals surface area (Å²) < 4.78 is 0. The highest BCUT2D eigenvalue weighted by atomic mass is 32.1. The second-order valence-corrected chi connectivity index (χ2v) is 10.5. The monoisotopic (exact) mass is 550 g/mol. The van der Waals surface area contributed by atoms with Crippen LogP contribution in [0.5, 0.6) is 0 Å². The van der Waals surface area contributed by atoms with Gasteiger partial charge in [0, 0.05) is 5.56 Å². The molecule has 1 amide bonds. The summed E-state index contributed by atoms with van der Waals surface area (Å²) in [6, 6.07) is 20.2. The summed E-state index contributed by atoms with van der Waals surface area (Å²) in [7, 11) is 0. The lowest BCUT2D eigenvalue weighted by atomic mass is 9.94. The number of carboxylic acids is 1. The van der Waals surface area contributed by atoms with Crippen LogP contribution in [0, 0.1) is 13.8 Å². The molecule has 0 aliphatic carbocycles. The topological polar surface area (TPSA) is 136 Å². The van der Waals surface area contributed by atoms with Gasteiger partial charge in [-0.05, 0) is 37.6 Å². The lowest BCUT2D eigenvalue weighted by Gasteiger charge is -2.24. The molecule has 3 aromatic carbocycles. The van der Waals surface area contributed by atoms with Crippen LogP contribution in [0.25, 0.3) is 21.6 Å². The molecule has 0 radical (unpaired) electrons. The van der Waals surface area contributed by atoms with Crippen molar-refractivity contribution in [1.82, 2.24) is 15.0 Å². The second kappa shape index (κ2) is 9.58. The number of Topliss-reactive ketones (excluding diaryl/α,β-unsaturated/α-hetero) is 1. The summed E-state index contributed by atoms with van der Waals surface area (Å²) in [5.41, 5.74) is 3.67. The SMILES string of the molecule is Cc1cccc(C2C(C(=O)c3sc(-c4ccccc4)nc3C)=C(O)C(=O)N2c2nc3ccc(C(=O)O)cc3[nH]2)c1. The highest BCUT2D eigenvalue weighted by molar-refractivity contribution is 7.17. The number of H-pyrrole nitrogens is 1. The first-order valence-corrected chi connectivity index (χ1v) is 13.2. The van der Waals surface area contributed by atoms with Gasteiger partial charge in [0.2, 0.25) is 11.7 Å². The maximum absolute atomic E-state index is 14.1. The van der Waals surface area contributed by atoms with E-state index in [9.17, 15) is 24.6 Å². The molecular formula is C30H22N4O5S. The van der Waals surface area contributed by atoms with Crippen molar-refractivity contribution < 1.29 is 24.6 Å². The molecule has 5 aromatic rings. The number of aromatic amines is 1. The number of thiazole rings is 1. The van der Waals surface area contributed by atoms with E-state index in [1.807, 2.05) is 55.5 Å². The van der Waals surface area contributed by atoms with Crippen LogP contribution in [0.4, 0.5) is 5.95 Å². The van der Waals surface area contributed by atoms with Crippen LogP contribution in [-0.4, -0.2) is 42.8 Å². The first-order valence-electron chi connectivity index (χ1n) is 12.4. The molecule has 1 aliphatic heterocycles. The number of aryl methyl sites for hydroxylation is 2. The minimum Gasteiger partial charge on any atom is -0.503 e. The molecule has 1 aliphatic rings. The normalized spacial score (nSPS) is 15.3.